The zero-order chi connectivity index (χ0) is 13.1. The lowest BCUT2D eigenvalue weighted by atomic mass is 9.96. The Kier molecular flexibility index (Phi) is 3.87. The molecule has 1 aromatic rings. The van der Waals surface area contributed by atoms with Crippen molar-refractivity contribution >= 4 is 5.91 Å². The van der Waals surface area contributed by atoms with Gasteiger partial charge in [0, 0.05) is 25.1 Å². The highest BCUT2D eigenvalue weighted by atomic mass is 16.5. The molecule has 1 aliphatic heterocycles. The van der Waals surface area contributed by atoms with Gasteiger partial charge in [0.1, 0.15) is 5.75 Å². The van der Waals surface area contributed by atoms with Gasteiger partial charge >= 0.3 is 0 Å². The lowest BCUT2D eigenvalue weighted by Crippen LogP contribution is -2.39. The highest BCUT2D eigenvalue weighted by molar-refractivity contribution is 5.77. The molecule has 2 N–H and O–H groups in total. The summed E-state index contributed by atoms with van der Waals surface area (Å²) in [4.78, 5) is 13.7. The van der Waals surface area contributed by atoms with Crippen molar-refractivity contribution in [2.24, 2.45) is 5.73 Å². The number of hydrogen-bond acceptors (Lipinski definition) is 3. The number of amides is 1. The van der Waals surface area contributed by atoms with Crippen LogP contribution < -0.4 is 10.5 Å². The average molecular weight is 248 g/mol. The van der Waals surface area contributed by atoms with E-state index in [1.165, 1.54) is 0 Å². The highest BCUT2D eigenvalue weighted by Crippen LogP contribution is 2.34. The van der Waals surface area contributed by atoms with Crippen LogP contribution in [0.25, 0.3) is 0 Å². The van der Waals surface area contributed by atoms with Crippen molar-refractivity contribution in [2.45, 2.75) is 31.3 Å². The molecule has 2 unspecified atom stereocenters. The van der Waals surface area contributed by atoms with Gasteiger partial charge in [-0.15, -0.1) is 0 Å². The predicted molar refractivity (Wildman–Crippen MR) is 70.3 cm³/mol. The average Bonchev–Trinajstić information content (AvgIpc) is 2.50. The van der Waals surface area contributed by atoms with Gasteiger partial charge in [-0.1, -0.05) is 18.2 Å². The number of likely N-dealkylation sites (tertiary alicyclic amines) is 1. The minimum Gasteiger partial charge on any atom is -0.496 e. The number of nitrogens with zero attached hydrogens (tertiary/aromatic N) is 1. The van der Waals surface area contributed by atoms with Crippen molar-refractivity contribution in [3.8, 4) is 5.75 Å². The second-order valence-corrected chi connectivity index (χ2v) is 4.75. The first-order chi connectivity index (χ1) is 8.65. The first kappa shape index (κ1) is 12.9. The molecular weight excluding hydrogens is 228 g/mol. The minimum atomic E-state index is -0.101. The van der Waals surface area contributed by atoms with E-state index in [0.717, 1.165) is 24.2 Å². The first-order valence-corrected chi connectivity index (χ1v) is 6.29. The maximum Gasteiger partial charge on any atom is 0.222 e. The largest absolute Gasteiger partial charge is 0.496 e. The van der Waals surface area contributed by atoms with Gasteiger partial charge in [0.05, 0.1) is 13.2 Å². The van der Waals surface area contributed by atoms with E-state index < -0.39 is 0 Å². The predicted octanol–water partition coefficient (Wildman–Crippen LogP) is 1.71. The molecule has 1 aromatic carbocycles. The monoisotopic (exact) mass is 248 g/mol. The molecule has 98 valence electrons. The summed E-state index contributed by atoms with van der Waals surface area (Å²) in [5.41, 5.74) is 7.23. The summed E-state index contributed by atoms with van der Waals surface area (Å²) >= 11 is 0. The van der Waals surface area contributed by atoms with E-state index >= 15 is 0 Å². The van der Waals surface area contributed by atoms with Gasteiger partial charge in [-0.25, -0.2) is 0 Å². The van der Waals surface area contributed by atoms with Gasteiger partial charge in [0.25, 0.3) is 0 Å². The van der Waals surface area contributed by atoms with E-state index in [9.17, 15) is 4.79 Å². The summed E-state index contributed by atoms with van der Waals surface area (Å²) in [6.45, 7) is 0. The van der Waals surface area contributed by atoms with Gasteiger partial charge in [-0.3, -0.25) is 4.79 Å². The summed E-state index contributed by atoms with van der Waals surface area (Å²) in [6.07, 6.45) is 2.30. The number of nitrogens with two attached hydrogens (primary N) is 1. The second-order valence-electron chi connectivity index (χ2n) is 4.75. The molecule has 0 radical (unpaired) electrons. The molecule has 1 heterocycles. The van der Waals surface area contributed by atoms with Crippen molar-refractivity contribution in [1.29, 1.82) is 0 Å². The number of methoxy groups -OCH3 is 1. The van der Waals surface area contributed by atoms with Crippen molar-refractivity contribution < 1.29 is 9.53 Å². The van der Waals surface area contributed by atoms with Crippen LogP contribution in [0.5, 0.6) is 5.75 Å². The van der Waals surface area contributed by atoms with Crippen molar-refractivity contribution in [1.82, 2.24) is 4.90 Å². The smallest absolute Gasteiger partial charge is 0.222 e. The van der Waals surface area contributed by atoms with Crippen LogP contribution >= 0.6 is 0 Å². The van der Waals surface area contributed by atoms with E-state index in [1.807, 2.05) is 31.3 Å². The van der Waals surface area contributed by atoms with Crippen LogP contribution in [0.2, 0.25) is 0 Å². The molecule has 4 nitrogen and oxygen atoms in total. The number of benzene rings is 1. The molecular formula is C14H20N2O2. The Balaban J connectivity index is 2.41. The summed E-state index contributed by atoms with van der Waals surface area (Å²) in [5.74, 6) is 0.943. The fourth-order valence-corrected chi connectivity index (χ4v) is 2.62. The van der Waals surface area contributed by atoms with Crippen LogP contribution in [0.15, 0.2) is 24.3 Å². The summed E-state index contributed by atoms with van der Waals surface area (Å²) < 4.78 is 5.38. The molecule has 1 fully saturated rings. The molecule has 1 saturated heterocycles. The lowest BCUT2D eigenvalue weighted by Gasteiger charge is -2.31. The first-order valence-electron chi connectivity index (χ1n) is 6.29. The van der Waals surface area contributed by atoms with E-state index in [-0.39, 0.29) is 18.0 Å². The van der Waals surface area contributed by atoms with Crippen LogP contribution in [-0.4, -0.2) is 31.0 Å². The molecule has 1 amide bonds. The maximum absolute atomic E-state index is 12.0. The topological polar surface area (TPSA) is 55.6 Å². The summed E-state index contributed by atoms with van der Waals surface area (Å²) in [6, 6.07) is 7.62. The van der Waals surface area contributed by atoms with E-state index in [2.05, 4.69) is 0 Å². The minimum absolute atomic E-state index is 0.0438. The third-order valence-corrected chi connectivity index (χ3v) is 3.60. The Morgan fingerprint density at radius 1 is 1.39 bits per heavy atom. The Hall–Kier alpha value is -1.55. The quantitative estimate of drug-likeness (QED) is 0.866. The van der Waals surface area contributed by atoms with Crippen LogP contribution in [0, 0.1) is 0 Å². The molecule has 0 spiro atoms. The third-order valence-electron chi connectivity index (χ3n) is 3.60. The number of para-hydroxylation sites is 1. The highest BCUT2D eigenvalue weighted by Gasteiger charge is 2.31. The normalized spacial score (nSPS) is 24.8. The Morgan fingerprint density at radius 3 is 2.83 bits per heavy atom. The van der Waals surface area contributed by atoms with E-state index in [1.54, 1.807) is 12.0 Å². The van der Waals surface area contributed by atoms with Crippen LogP contribution in [0.4, 0.5) is 0 Å². The number of carbonyl (C=O) groups is 1. The van der Waals surface area contributed by atoms with Crippen molar-refractivity contribution in [3.63, 3.8) is 0 Å². The lowest BCUT2D eigenvalue weighted by molar-refractivity contribution is -0.131. The maximum atomic E-state index is 12.0. The van der Waals surface area contributed by atoms with Gasteiger partial charge < -0.3 is 15.4 Å². The summed E-state index contributed by atoms with van der Waals surface area (Å²) in [5, 5.41) is 0. The molecule has 2 atom stereocenters. The fourth-order valence-electron chi connectivity index (χ4n) is 2.62. The molecule has 0 aliphatic carbocycles. The second kappa shape index (κ2) is 5.40. The van der Waals surface area contributed by atoms with Gasteiger partial charge in [0.15, 0.2) is 0 Å². The fraction of sp³-hybridized carbons (Fsp3) is 0.500. The van der Waals surface area contributed by atoms with Gasteiger partial charge in [-0.2, -0.15) is 0 Å². The number of likely N-dealkylation sites (N-methyl/N-ethyl adjacent to an activating group) is 1. The molecule has 0 saturated carbocycles. The molecule has 4 heteroatoms. The Labute approximate surface area is 108 Å². The van der Waals surface area contributed by atoms with E-state index in [0.29, 0.717) is 6.42 Å². The Bertz CT molecular complexity index is 434. The van der Waals surface area contributed by atoms with Crippen molar-refractivity contribution in [2.75, 3.05) is 14.2 Å². The molecule has 1 aliphatic rings. The standard InChI is InChI=1S/C14H20N2O2/c1-16-13(17)9-5-7-11(15)14(16)10-6-3-4-8-12(10)18-2/h3-4,6,8,11,14H,5,7,9,15H2,1-2H3. The molecule has 0 aromatic heterocycles. The number of carbonyl (C=O) groups excluding carboxylic acids is 1. The van der Waals surface area contributed by atoms with E-state index in [4.69, 9.17) is 10.5 Å². The van der Waals surface area contributed by atoms with Crippen molar-refractivity contribution in [3.05, 3.63) is 29.8 Å². The number of rotatable bonds is 2. The summed E-state index contributed by atoms with van der Waals surface area (Å²) in [7, 11) is 3.47. The Morgan fingerprint density at radius 2 is 2.11 bits per heavy atom. The van der Waals surface area contributed by atoms with Gasteiger partial charge in [0.2, 0.25) is 5.91 Å². The zero-order valence-corrected chi connectivity index (χ0v) is 10.9. The SMILES string of the molecule is COc1ccccc1C1C(N)CCCC(=O)N1C. The van der Waals surface area contributed by atoms with Gasteiger partial charge in [-0.05, 0) is 18.9 Å². The molecule has 0 bridgehead atoms. The zero-order valence-electron chi connectivity index (χ0n) is 10.9. The number of ether oxygens (including phenoxy) is 1. The molecule has 18 heavy (non-hydrogen) atoms. The van der Waals surface area contributed by atoms with Crippen LogP contribution in [0.3, 0.4) is 0 Å². The van der Waals surface area contributed by atoms with Crippen LogP contribution in [-0.2, 0) is 4.79 Å². The molecule has 2 rings (SSSR count). The third kappa shape index (κ3) is 2.34. The number of hydrogen-bond donors (Lipinski definition) is 1. The van der Waals surface area contributed by atoms with Crippen LogP contribution in [0.1, 0.15) is 30.9 Å².